The minimum Gasteiger partial charge on any atom is -0.481 e. The molecule has 2 N–H and O–H groups in total. The van der Waals surface area contributed by atoms with Crippen molar-refractivity contribution in [2.24, 2.45) is 0 Å². The fourth-order valence-electron chi connectivity index (χ4n) is 2.77. The van der Waals surface area contributed by atoms with Crippen molar-refractivity contribution in [3.8, 4) is 16.9 Å². The van der Waals surface area contributed by atoms with Crippen LogP contribution in [0.4, 0.5) is 0 Å². The molecule has 0 saturated carbocycles. The van der Waals surface area contributed by atoms with Gasteiger partial charge in [-0.05, 0) is 30.2 Å². The van der Waals surface area contributed by atoms with Gasteiger partial charge in [-0.3, -0.25) is 9.59 Å². The van der Waals surface area contributed by atoms with Crippen molar-refractivity contribution in [2.75, 3.05) is 6.54 Å². The highest BCUT2D eigenvalue weighted by atomic mass is 16.5. The number of benzene rings is 2. The van der Waals surface area contributed by atoms with Crippen molar-refractivity contribution in [1.82, 2.24) is 5.32 Å². The molecule has 3 aromatic rings. The second-order valence-corrected chi connectivity index (χ2v) is 6.20. The van der Waals surface area contributed by atoms with Gasteiger partial charge in [0.2, 0.25) is 0 Å². The van der Waals surface area contributed by atoms with E-state index < -0.39 is 23.6 Å². The Morgan fingerprint density at radius 3 is 2.61 bits per heavy atom. The summed E-state index contributed by atoms with van der Waals surface area (Å²) in [5, 5.41) is 11.8. The SMILES string of the molecule is C[C@H](Oc1ccc2c(-c3ccccc3)cc(=O)oc2c1)C(=O)NCCC(=O)O. The molecule has 28 heavy (non-hydrogen) atoms. The number of carboxylic acid groups (broad SMARTS) is 1. The number of hydrogen-bond donors (Lipinski definition) is 2. The van der Waals surface area contributed by atoms with Gasteiger partial charge in [-0.15, -0.1) is 0 Å². The van der Waals surface area contributed by atoms with Crippen LogP contribution in [-0.2, 0) is 9.59 Å². The molecule has 144 valence electrons. The summed E-state index contributed by atoms with van der Waals surface area (Å²) in [6, 6.07) is 15.9. The van der Waals surface area contributed by atoms with Crippen LogP contribution in [0.5, 0.6) is 5.75 Å². The van der Waals surface area contributed by atoms with E-state index in [1.807, 2.05) is 30.3 Å². The molecular formula is C21H19NO6. The van der Waals surface area contributed by atoms with E-state index >= 15 is 0 Å². The first-order valence-electron chi connectivity index (χ1n) is 8.73. The molecule has 7 heteroatoms. The molecule has 1 heterocycles. The number of carboxylic acids is 1. The van der Waals surface area contributed by atoms with E-state index in [4.69, 9.17) is 14.3 Å². The third-order valence-electron chi connectivity index (χ3n) is 4.12. The van der Waals surface area contributed by atoms with Gasteiger partial charge in [0.05, 0.1) is 6.42 Å². The number of ether oxygens (including phenoxy) is 1. The first kappa shape index (κ1) is 19.2. The average molecular weight is 381 g/mol. The maximum Gasteiger partial charge on any atom is 0.336 e. The molecule has 0 aliphatic heterocycles. The van der Waals surface area contributed by atoms with E-state index in [2.05, 4.69) is 5.32 Å². The monoisotopic (exact) mass is 381 g/mol. The summed E-state index contributed by atoms with van der Waals surface area (Å²) in [6.45, 7) is 1.58. The Morgan fingerprint density at radius 2 is 1.89 bits per heavy atom. The third kappa shape index (κ3) is 4.56. The highest BCUT2D eigenvalue weighted by Gasteiger charge is 2.16. The first-order chi connectivity index (χ1) is 13.4. The van der Waals surface area contributed by atoms with Crippen molar-refractivity contribution in [2.45, 2.75) is 19.4 Å². The van der Waals surface area contributed by atoms with Gasteiger partial charge in [-0.2, -0.15) is 0 Å². The molecular weight excluding hydrogens is 362 g/mol. The highest BCUT2D eigenvalue weighted by Crippen LogP contribution is 2.29. The predicted molar refractivity (Wildman–Crippen MR) is 103 cm³/mol. The van der Waals surface area contributed by atoms with Crippen LogP contribution in [-0.4, -0.2) is 29.6 Å². The molecule has 0 unspecified atom stereocenters. The predicted octanol–water partition coefficient (Wildman–Crippen LogP) is 2.82. The summed E-state index contributed by atoms with van der Waals surface area (Å²) < 4.78 is 10.9. The zero-order chi connectivity index (χ0) is 20.1. The van der Waals surface area contributed by atoms with E-state index in [0.29, 0.717) is 11.3 Å². The number of carbonyl (C=O) groups is 2. The van der Waals surface area contributed by atoms with Crippen molar-refractivity contribution in [3.63, 3.8) is 0 Å². The largest absolute Gasteiger partial charge is 0.481 e. The fraction of sp³-hybridized carbons (Fsp3) is 0.190. The van der Waals surface area contributed by atoms with E-state index in [9.17, 15) is 14.4 Å². The molecule has 7 nitrogen and oxygen atoms in total. The molecule has 0 saturated heterocycles. The van der Waals surface area contributed by atoms with Crippen molar-refractivity contribution in [3.05, 3.63) is 65.0 Å². The van der Waals surface area contributed by atoms with Crippen molar-refractivity contribution < 1.29 is 23.8 Å². The maximum absolute atomic E-state index is 12.0. The molecule has 0 spiro atoms. The minimum atomic E-state index is -0.993. The van der Waals surface area contributed by atoms with Crippen LogP contribution < -0.4 is 15.7 Å². The quantitative estimate of drug-likeness (QED) is 0.610. The molecule has 1 amide bonds. The Bertz CT molecular complexity index is 1060. The maximum atomic E-state index is 12.0. The number of rotatable bonds is 7. The number of amides is 1. The van der Waals surface area contributed by atoms with Gasteiger partial charge in [-0.25, -0.2) is 4.79 Å². The Morgan fingerprint density at radius 1 is 1.14 bits per heavy atom. The molecule has 3 rings (SSSR count). The molecule has 2 aromatic carbocycles. The zero-order valence-electron chi connectivity index (χ0n) is 15.2. The lowest BCUT2D eigenvalue weighted by Gasteiger charge is -2.15. The van der Waals surface area contributed by atoms with Crippen LogP contribution in [0.25, 0.3) is 22.1 Å². The number of carbonyl (C=O) groups excluding carboxylic acids is 1. The van der Waals surface area contributed by atoms with E-state index in [1.165, 1.54) is 6.07 Å². The van der Waals surface area contributed by atoms with E-state index in [-0.39, 0.29) is 13.0 Å². The molecule has 0 aliphatic rings. The topological polar surface area (TPSA) is 106 Å². The summed E-state index contributed by atoms with van der Waals surface area (Å²) in [5.74, 6) is -1.06. The molecule has 0 fully saturated rings. The van der Waals surface area contributed by atoms with Gasteiger partial charge in [0.1, 0.15) is 11.3 Å². The van der Waals surface area contributed by atoms with Crippen molar-refractivity contribution >= 4 is 22.8 Å². The van der Waals surface area contributed by atoms with Gasteiger partial charge >= 0.3 is 11.6 Å². The summed E-state index contributed by atoms with van der Waals surface area (Å²) in [7, 11) is 0. The van der Waals surface area contributed by atoms with E-state index in [0.717, 1.165) is 16.5 Å². The Balaban J connectivity index is 1.82. The van der Waals surface area contributed by atoms with Crippen LogP contribution in [0.1, 0.15) is 13.3 Å². The lowest BCUT2D eigenvalue weighted by molar-refractivity contribution is -0.137. The van der Waals surface area contributed by atoms with Gasteiger partial charge < -0.3 is 19.6 Å². The summed E-state index contributed by atoms with van der Waals surface area (Å²) in [6.07, 6.45) is -1.00. The summed E-state index contributed by atoms with van der Waals surface area (Å²) in [5.41, 5.74) is 1.50. The fourth-order valence-corrected chi connectivity index (χ4v) is 2.77. The lowest BCUT2D eigenvalue weighted by Crippen LogP contribution is -2.37. The van der Waals surface area contributed by atoms with Crippen LogP contribution in [0.15, 0.2) is 63.8 Å². The average Bonchev–Trinajstić information content (AvgIpc) is 2.67. The second-order valence-electron chi connectivity index (χ2n) is 6.20. The Labute approximate surface area is 160 Å². The molecule has 0 aliphatic carbocycles. The smallest absolute Gasteiger partial charge is 0.336 e. The van der Waals surface area contributed by atoms with Gasteiger partial charge in [0.15, 0.2) is 6.10 Å². The summed E-state index contributed by atoms with van der Waals surface area (Å²) in [4.78, 5) is 34.5. The van der Waals surface area contributed by atoms with Gasteiger partial charge in [0, 0.05) is 24.1 Å². The standard InChI is InChI=1S/C21H19NO6/c1-13(21(26)22-10-9-19(23)24)27-15-7-8-16-17(14-5-3-2-4-6-14)12-20(25)28-18(16)11-15/h2-8,11-13H,9-10H2,1H3,(H,22,26)(H,23,24)/t13-/m0/s1. The van der Waals surface area contributed by atoms with Crippen LogP contribution >= 0.6 is 0 Å². The minimum absolute atomic E-state index is 0.0227. The summed E-state index contributed by atoms with van der Waals surface area (Å²) >= 11 is 0. The third-order valence-corrected chi connectivity index (χ3v) is 4.12. The number of aliphatic carboxylic acids is 1. The Kier molecular flexibility index (Phi) is 5.74. The number of nitrogens with one attached hydrogen (secondary N) is 1. The van der Waals surface area contributed by atoms with Crippen LogP contribution in [0.3, 0.4) is 0 Å². The lowest BCUT2D eigenvalue weighted by atomic mass is 10.0. The van der Waals surface area contributed by atoms with Crippen LogP contribution in [0.2, 0.25) is 0 Å². The van der Waals surface area contributed by atoms with Crippen LogP contribution in [0, 0.1) is 0 Å². The highest BCUT2D eigenvalue weighted by molar-refractivity contribution is 5.93. The number of fused-ring (bicyclic) bond motifs is 1. The first-order valence-corrected chi connectivity index (χ1v) is 8.73. The molecule has 0 radical (unpaired) electrons. The van der Waals surface area contributed by atoms with Crippen molar-refractivity contribution in [1.29, 1.82) is 0 Å². The van der Waals surface area contributed by atoms with Gasteiger partial charge in [0.25, 0.3) is 5.91 Å². The van der Waals surface area contributed by atoms with Gasteiger partial charge in [-0.1, -0.05) is 30.3 Å². The number of hydrogen-bond acceptors (Lipinski definition) is 5. The zero-order valence-corrected chi connectivity index (χ0v) is 15.2. The van der Waals surface area contributed by atoms with E-state index in [1.54, 1.807) is 25.1 Å². The normalized spacial score (nSPS) is 11.8. The molecule has 1 aromatic heterocycles. The molecule has 1 atom stereocenters. The Hall–Kier alpha value is -3.61. The second kappa shape index (κ2) is 8.39. The molecule has 0 bridgehead atoms.